The molecule has 0 spiro atoms. The van der Waals surface area contributed by atoms with Gasteiger partial charge in [0.2, 0.25) is 6.29 Å². The van der Waals surface area contributed by atoms with E-state index in [-0.39, 0.29) is 6.61 Å². The Labute approximate surface area is 189 Å². The van der Waals surface area contributed by atoms with Crippen LogP contribution in [-0.2, 0) is 42.9 Å². The van der Waals surface area contributed by atoms with Crippen molar-refractivity contribution in [2.24, 2.45) is 0 Å². The lowest BCUT2D eigenvalue weighted by Crippen LogP contribution is -2.67. The van der Waals surface area contributed by atoms with E-state index in [1.165, 1.54) is 27.7 Å². The first kappa shape index (κ1) is 27.8. The highest BCUT2D eigenvalue weighted by Gasteiger charge is 2.53. The number of hydrogen-bond donors (Lipinski definition) is 0. The second kappa shape index (κ2) is 14.1. The van der Waals surface area contributed by atoms with Gasteiger partial charge in [0.1, 0.15) is 18.8 Å². The molecule has 0 aliphatic carbocycles. The smallest absolute Gasteiger partial charge is 0.304 e. The Kier molecular flexibility index (Phi) is 12.2. The van der Waals surface area contributed by atoms with Gasteiger partial charge in [0.05, 0.1) is 0 Å². The number of rotatable bonds is 12. The quantitative estimate of drug-likeness (QED) is 0.317. The first-order valence-electron chi connectivity index (χ1n) is 11.1. The summed E-state index contributed by atoms with van der Waals surface area (Å²) < 4.78 is 27.7. The van der Waals surface area contributed by atoms with E-state index in [1.807, 2.05) is 4.90 Å². The molecular weight excluding hydrogens is 422 g/mol. The van der Waals surface area contributed by atoms with Crippen molar-refractivity contribution in [3.05, 3.63) is 0 Å². The standard InChI is InChI=1S/C22H37NO9/c1-7-9-11-23(12-10-8-2)19-21(30-16(5)26)20(29-15(4)25)18(13-28-14(3)24)32-22(19)31-17(6)27/h18-22H,7-13H2,1-6H3/t18-,19-,20-,21-,22-/m1/s1. The molecule has 184 valence electrons. The minimum atomic E-state index is -1.11. The van der Waals surface area contributed by atoms with Crippen LogP contribution in [0, 0.1) is 0 Å². The van der Waals surface area contributed by atoms with Crippen molar-refractivity contribution < 1.29 is 42.9 Å². The van der Waals surface area contributed by atoms with Crippen molar-refractivity contribution in [2.75, 3.05) is 19.7 Å². The van der Waals surface area contributed by atoms with Crippen molar-refractivity contribution in [1.29, 1.82) is 0 Å². The molecule has 0 unspecified atom stereocenters. The molecule has 0 aromatic carbocycles. The van der Waals surface area contributed by atoms with Crippen LogP contribution >= 0.6 is 0 Å². The molecule has 5 atom stereocenters. The average Bonchev–Trinajstić information content (AvgIpc) is 2.68. The van der Waals surface area contributed by atoms with Crippen LogP contribution in [0.15, 0.2) is 0 Å². The van der Waals surface area contributed by atoms with E-state index in [0.717, 1.165) is 25.7 Å². The molecule has 0 saturated carbocycles. The van der Waals surface area contributed by atoms with Gasteiger partial charge in [-0.25, -0.2) is 0 Å². The largest absolute Gasteiger partial charge is 0.463 e. The predicted molar refractivity (Wildman–Crippen MR) is 113 cm³/mol. The first-order chi connectivity index (χ1) is 15.1. The molecule has 1 fully saturated rings. The zero-order valence-corrected chi connectivity index (χ0v) is 20.0. The maximum atomic E-state index is 12.0. The third-order valence-corrected chi connectivity index (χ3v) is 4.97. The molecular formula is C22H37NO9. The summed E-state index contributed by atoms with van der Waals surface area (Å²) in [4.78, 5) is 49.2. The maximum absolute atomic E-state index is 12.0. The average molecular weight is 460 g/mol. The Morgan fingerprint density at radius 3 is 1.69 bits per heavy atom. The highest BCUT2D eigenvalue weighted by atomic mass is 16.7. The molecule has 0 aromatic heterocycles. The summed E-state index contributed by atoms with van der Waals surface area (Å²) in [5.74, 6) is -2.33. The van der Waals surface area contributed by atoms with Gasteiger partial charge in [-0.1, -0.05) is 26.7 Å². The second-order valence-electron chi connectivity index (χ2n) is 7.84. The number of esters is 4. The SMILES string of the molecule is CCCCN(CCCC)[C@H]1[C@H](OC(C)=O)O[C@H](COC(C)=O)[C@@H](OC(C)=O)[C@@H]1OC(C)=O. The van der Waals surface area contributed by atoms with E-state index >= 15 is 0 Å². The number of unbranched alkanes of at least 4 members (excludes halogenated alkanes) is 2. The molecule has 0 N–H and O–H groups in total. The predicted octanol–water partition coefficient (Wildman–Crippen LogP) is 1.97. The molecule has 1 aliphatic heterocycles. The van der Waals surface area contributed by atoms with E-state index in [4.69, 9.17) is 23.7 Å². The zero-order chi connectivity index (χ0) is 24.3. The number of hydrogen-bond acceptors (Lipinski definition) is 10. The molecule has 10 nitrogen and oxygen atoms in total. The lowest BCUT2D eigenvalue weighted by molar-refractivity contribution is -0.285. The van der Waals surface area contributed by atoms with E-state index in [0.29, 0.717) is 13.1 Å². The number of carbonyl (C=O) groups is 4. The number of nitrogens with zero attached hydrogens (tertiary/aromatic N) is 1. The Morgan fingerprint density at radius 2 is 1.25 bits per heavy atom. The van der Waals surface area contributed by atoms with Crippen LogP contribution in [0.2, 0.25) is 0 Å². The van der Waals surface area contributed by atoms with Crippen LogP contribution in [0.25, 0.3) is 0 Å². The minimum absolute atomic E-state index is 0.264. The van der Waals surface area contributed by atoms with Gasteiger partial charge in [0.25, 0.3) is 0 Å². The molecule has 0 amide bonds. The van der Waals surface area contributed by atoms with Gasteiger partial charge in [-0.2, -0.15) is 0 Å². The van der Waals surface area contributed by atoms with Crippen LogP contribution in [0.5, 0.6) is 0 Å². The molecule has 32 heavy (non-hydrogen) atoms. The maximum Gasteiger partial charge on any atom is 0.304 e. The summed E-state index contributed by atoms with van der Waals surface area (Å²) in [5.41, 5.74) is 0. The molecule has 0 bridgehead atoms. The van der Waals surface area contributed by atoms with Crippen molar-refractivity contribution in [3.8, 4) is 0 Å². The van der Waals surface area contributed by atoms with Gasteiger partial charge < -0.3 is 23.7 Å². The Balaban J connectivity index is 3.45. The highest BCUT2D eigenvalue weighted by molar-refractivity contribution is 5.68. The van der Waals surface area contributed by atoms with Crippen molar-refractivity contribution in [3.63, 3.8) is 0 Å². The Morgan fingerprint density at radius 1 is 0.750 bits per heavy atom. The molecule has 1 heterocycles. The van der Waals surface area contributed by atoms with Gasteiger partial charge in [0.15, 0.2) is 12.2 Å². The molecule has 1 aliphatic rings. The lowest BCUT2D eigenvalue weighted by Gasteiger charge is -2.48. The van der Waals surface area contributed by atoms with E-state index in [2.05, 4.69) is 13.8 Å². The zero-order valence-electron chi connectivity index (χ0n) is 20.0. The third kappa shape index (κ3) is 9.12. The Hall–Kier alpha value is -2.20. The molecule has 0 radical (unpaired) electrons. The summed E-state index contributed by atoms with van der Waals surface area (Å²) in [6.45, 7) is 10.1. The summed E-state index contributed by atoms with van der Waals surface area (Å²) >= 11 is 0. The first-order valence-corrected chi connectivity index (χ1v) is 11.1. The number of carbonyl (C=O) groups excluding carboxylic acids is 4. The minimum Gasteiger partial charge on any atom is -0.463 e. The van der Waals surface area contributed by atoms with Gasteiger partial charge in [-0.3, -0.25) is 24.1 Å². The molecule has 0 aromatic rings. The van der Waals surface area contributed by atoms with Crippen molar-refractivity contribution in [1.82, 2.24) is 4.90 Å². The lowest BCUT2D eigenvalue weighted by atomic mass is 9.94. The van der Waals surface area contributed by atoms with Crippen LogP contribution in [0.3, 0.4) is 0 Å². The summed E-state index contributed by atoms with van der Waals surface area (Å²) in [7, 11) is 0. The van der Waals surface area contributed by atoms with Crippen LogP contribution < -0.4 is 0 Å². The topological polar surface area (TPSA) is 118 Å². The summed E-state index contributed by atoms with van der Waals surface area (Å²) in [6.07, 6.45) is -0.597. The molecule has 1 saturated heterocycles. The van der Waals surface area contributed by atoms with Gasteiger partial charge in [-0.15, -0.1) is 0 Å². The van der Waals surface area contributed by atoms with Crippen molar-refractivity contribution >= 4 is 23.9 Å². The van der Waals surface area contributed by atoms with E-state index < -0.39 is 54.5 Å². The van der Waals surface area contributed by atoms with Gasteiger partial charge in [-0.05, 0) is 25.9 Å². The second-order valence-corrected chi connectivity index (χ2v) is 7.84. The van der Waals surface area contributed by atoms with Gasteiger partial charge in [0, 0.05) is 27.7 Å². The summed E-state index contributed by atoms with van der Waals surface area (Å²) in [5, 5.41) is 0. The van der Waals surface area contributed by atoms with Crippen molar-refractivity contribution in [2.45, 2.75) is 97.9 Å². The monoisotopic (exact) mass is 459 g/mol. The van der Waals surface area contributed by atoms with Crippen LogP contribution in [0.1, 0.15) is 67.2 Å². The fourth-order valence-electron chi connectivity index (χ4n) is 3.66. The fraction of sp³-hybridized carbons (Fsp3) is 0.818. The normalized spacial score (nSPS) is 25.2. The number of ether oxygens (including phenoxy) is 5. The third-order valence-electron chi connectivity index (χ3n) is 4.97. The van der Waals surface area contributed by atoms with Gasteiger partial charge >= 0.3 is 23.9 Å². The summed E-state index contributed by atoms with van der Waals surface area (Å²) in [6, 6.07) is -0.709. The molecule has 10 heteroatoms. The fourth-order valence-corrected chi connectivity index (χ4v) is 3.66. The highest BCUT2D eigenvalue weighted by Crippen LogP contribution is 2.31. The van der Waals surface area contributed by atoms with Crippen LogP contribution in [0.4, 0.5) is 0 Å². The molecule has 1 rings (SSSR count). The Bertz CT molecular complexity index is 631. The van der Waals surface area contributed by atoms with E-state index in [1.54, 1.807) is 0 Å². The van der Waals surface area contributed by atoms with E-state index in [9.17, 15) is 19.2 Å². The van der Waals surface area contributed by atoms with Crippen LogP contribution in [-0.4, -0.2) is 79.1 Å².